The Hall–Kier alpha value is -3.13. The van der Waals surface area contributed by atoms with E-state index in [9.17, 15) is 14.4 Å². The van der Waals surface area contributed by atoms with Crippen LogP contribution in [0.1, 0.15) is 53.7 Å². The van der Waals surface area contributed by atoms with Gasteiger partial charge in [-0.15, -0.1) is 0 Å². The third kappa shape index (κ3) is 5.27. The van der Waals surface area contributed by atoms with E-state index in [0.29, 0.717) is 11.2 Å². The van der Waals surface area contributed by atoms with Crippen LogP contribution in [0.2, 0.25) is 0 Å². The highest BCUT2D eigenvalue weighted by Gasteiger charge is 2.23. The summed E-state index contributed by atoms with van der Waals surface area (Å²) in [5.74, 6) is -1.89. The molecule has 33 heavy (non-hydrogen) atoms. The first-order valence-electron chi connectivity index (χ1n) is 11.1. The van der Waals surface area contributed by atoms with Crippen molar-refractivity contribution in [3.05, 3.63) is 63.8 Å². The van der Waals surface area contributed by atoms with E-state index in [1.54, 1.807) is 12.1 Å². The Morgan fingerprint density at radius 2 is 1.67 bits per heavy atom. The number of hydrogen-bond acceptors (Lipinski definition) is 3. The van der Waals surface area contributed by atoms with Crippen LogP contribution in [0.5, 0.6) is 0 Å². The number of hydrogen-bond donors (Lipinski definition) is 3. The van der Waals surface area contributed by atoms with E-state index >= 15 is 0 Å². The molecule has 0 radical (unpaired) electrons. The maximum Gasteiger partial charge on any atom is 0.328 e. The molecule has 0 spiro atoms. The lowest BCUT2D eigenvalue weighted by molar-refractivity contribution is -0.137. The summed E-state index contributed by atoms with van der Waals surface area (Å²) >= 11 is 3.44. The third-order valence-electron chi connectivity index (χ3n) is 6.12. The molecule has 8 heteroatoms. The normalized spacial score (nSPS) is 14.2. The van der Waals surface area contributed by atoms with Crippen LogP contribution >= 0.6 is 15.9 Å². The summed E-state index contributed by atoms with van der Waals surface area (Å²) < 4.78 is 2.22. The second-order valence-electron chi connectivity index (χ2n) is 8.57. The van der Waals surface area contributed by atoms with E-state index in [4.69, 9.17) is 0 Å². The van der Waals surface area contributed by atoms with Crippen molar-refractivity contribution in [2.24, 2.45) is 0 Å². The molecule has 0 saturated heterocycles. The Morgan fingerprint density at radius 1 is 0.909 bits per heavy atom. The van der Waals surface area contributed by atoms with Crippen LogP contribution in [0.3, 0.4) is 0 Å². The topological polar surface area (TPSA) is 92.2 Å². The summed E-state index contributed by atoms with van der Waals surface area (Å²) in [6, 6.07) is 12.8. The lowest BCUT2D eigenvalue weighted by Gasteiger charge is -2.22. The summed E-state index contributed by atoms with van der Waals surface area (Å²) in [6.07, 6.45) is 5.01. The van der Waals surface area contributed by atoms with E-state index in [-0.39, 0.29) is 11.7 Å². The molecule has 1 fully saturated rings. The number of carbonyl (C=O) groups excluding carboxylic acids is 3. The Kier molecular flexibility index (Phi) is 6.83. The SMILES string of the molecule is Cc1ccc(NC(=O)c2cc3cc(Br)ccc3n2NC(=O)C(=O)NC2CCCCC2)cc1C. The second kappa shape index (κ2) is 9.79. The number of aryl methyl sites for hydroxylation is 2. The standard InChI is InChI=1S/C25H27BrN4O3/c1-15-8-10-20(12-16(15)2)28-23(31)22-14-17-13-18(26)9-11-21(17)30(22)29-25(33)24(32)27-19-6-4-3-5-7-19/h8-14,19H,3-7H2,1-2H3,(H,27,32)(H,28,31)(H,29,33). The molecule has 0 unspecified atom stereocenters. The van der Waals surface area contributed by atoms with E-state index in [0.717, 1.165) is 53.1 Å². The van der Waals surface area contributed by atoms with Gasteiger partial charge in [0.1, 0.15) is 5.69 Å². The number of benzene rings is 2. The molecule has 2 aromatic carbocycles. The Labute approximate surface area is 201 Å². The first kappa shape index (κ1) is 23.0. The Morgan fingerprint density at radius 3 is 2.39 bits per heavy atom. The minimum atomic E-state index is -0.804. The third-order valence-corrected chi connectivity index (χ3v) is 6.61. The van der Waals surface area contributed by atoms with E-state index in [1.807, 2.05) is 44.2 Å². The fraction of sp³-hybridized carbons (Fsp3) is 0.320. The van der Waals surface area contributed by atoms with Gasteiger partial charge in [-0.3, -0.25) is 19.8 Å². The number of rotatable bonds is 4. The molecule has 1 heterocycles. The Balaban J connectivity index is 1.59. The van der Waals surface area contributed by atoms with Crippen LogP contribution in [0.15, 0.2) is 46.9 Å². The first-order chi connectivity index (χ1) is 15.8. The van der Waals surface area contributed by atoms with Gasteiger partial charge in [-0.05, 0) is 74.2 Å². The maximum absolute atomic E-state index is 13.2. The molecular weight excluding hydrogens is 484 g/mol. The Bertz CT molecular complexity index is 1230. The van der Waals surface area contributed by atoms with Crippen LogP contribution in [0.25, 0.3) is 10.9 Å². The molecule has 0 atom stereocenters. The maximum atomic E-state index is 13.2. The number of halogens is 1. The summed E-state index contributed by atoms with van der Waals surface area (Å²) in [6.45, 7) is 3.98. The fourth-order valence-electron chi connectivity index (χ4n) is 4.14. The van der Waals surface area contributed by atoms with Gasteiger partial charge in [0.25, 0.3) is 5.91 Å². The van der Waals surface area contributed by atoms with Crippen molar-refractivity contribution in [2.75, 3.05) is 10.7 Å². The predicted molar refractivity (Wildman–Crippen MR) is 133 cm³/mol. The molecule has 4 rings (SSSR count). The van der Waals surface area contributed by atoms with Gasteiger partial charge in [0.05, 0.1) is 5.52 Å². The molecule has 172 valence electrons. The number of aromatic nitrogens is 1. The van der Waals surface area contributed by atoms with E-state index < -0.39 is 17.7 Å². The quantitative estimate of drug-likeness (QED) is 0.440. The van der Waals surface area contributed by atoms with Crippen molar-refractivity contribution in [3.8, 4) is 0 Å². The summed E-state index contributed by atoms with van der Waals surface area (Å²) in [7, 11) is 0. The molecule has 1 saturated carbocycles. The zero-order valence-corrected chi connectivity index (χ0v) is 20.3. The van der Waals surface area contributed by atoms with Crippen molar-refractivity contribution in [3.63, 3.8) is 0 Å². The van der Waals surface area contributed by atoms with Crippen molar-refractivity contribution in [1.82, 2.24) is 9.99 Å². The van der Waals surface area contributed by atoms with Gasteiger partial charge in [-0.1, -0.05) is 41.3 Å². The number of nitrogens with zero attached hydrogens (tertiary/aromatic N) is 1. The van der Waals surface area contributed by atoms with E-state index in [1.165, 1.54) is 4.68 Å². The highest BCUT2D eigenvalue weighted by Crippen LogP contribution is 2.24. The van der Waals surface area contributed by atoms with Gasteiger partial charge >= 0.3 is 11.8 Å². The van der Waals surface area contributed by atoms with Crippen molar-refractivity contribution in [2.45, 2.75) is 52.0 Å². The predicted octanol–water partition coefficient (Wildman–Crippen LogP) is 4.79. The van der Waals surface area contributed by atoms with Crippen molar-refractivity contribution >= 4 is 50.2 Å². The molecule has 3 N–H and O–H groups in total. The average molecular weight is 511 g/mol. The zero-order valence-electron chi connectivity index (χ0n) is 18.7. The largest absolute Gasteiger partial charge is 0.345 e. The van der Waals surface area contributed by atoms with Gasteiger partial charge in [0.15, 0.2) is 0 Å². The lowest BCUT2D eigenvalue weighted by Crippen LogP contribution is -2.44. The fourth-order valence-corrected chi connectivity index (χ4v) is 4.52. The molecule has 1 aromatic heterocycles. The highest BCUT2D eigenvalue weighted by molar-refractivity contribution is 9.10. The highest BCUT2D eigenvalue weighted by atomic mass is 79.9. The summed E-state index contributed by atoms with van der Waals surface area (Å²) in [4.78, 5) is 38.4. The second-order valence-corrected chi connectivity index (χ2v) is 9.49. The minimum Gasteiger partial charge on any atom is -0.345 e. The zero-order chi connectivity index (χ0) is 23.5. The van der Waals surface area contributed by atoms with Crippen molar-refractivity contribution in [1.29, 1.82) is 0 Å². The van der Waals surface area contributed by atoms with Gasteiger partial charge in [0, 0.05) is 21.6 Å². The molecule has 3 amide bonds. The molecule has 1 aliphatic rings. The van der Waals surface area contributed by atoms with Crippen LogP contribution in [-0.4, -0.2) is 28.4 Å². The molecule has 7 nitrogen and oxygen atoms in total. The molecule has 0 aliphatic heterocycles. The summed E-state index contributed by atoms with van der Waals surface area (Å²) in [5, 5.41) is 6.46. The lowest BCUT2D eigenvalue weighted by atomic mass is 9.95. The van der Waals surface area contributed by atoms with Gasteiger partial charge in [0.2, 0.25) is 0 Å². The monoisotopic (exact) mass is 510 g/mol. The average Bonchev–Trinajstić information content (AvgIpc) is 3.14. The number of carbonyl (C=O) groups is 3. The van der Waals surface area contributed by atoms with Crippen LogP contribution < -0.4 is 16.1 Å². The molecule has 0 bridgehead atoms. The molecule has 1 aliphatic carbocycles. The van der Waals surface area contributed by atoms with Gasteiger partial charge < -0.3 is 10.6 Å². The van der Waals surface area contributed by atoms with Gasteiger partial charge in [-0.25, -0.2) is 4.68 Å². The van der Waals surface area contributed by atoms with Crippen molar-refractivity contribution < 1.29 is 14.4 Å². The summed E-state index contributed by atoms with van der Waals surface area (Å²) in [5.41, 5.74) is 6.30. The minimum absolute atomic E-state index is 0.0157. The molecule has 3 aromatic rings. The van der Waals surface area contributed by atoms with Crippen LogP contribution in [-0.2, 0) is 9.59 Å². The molecular formula is C25H27BrN4O3. The van der Waals surface area contributed by atoms with Crippen LogP contribution in [0, 0.1) is 13.8 Å². The smallest absolute Gasteiger partial charge is 0.328 e. The van der Waals surface area contributed by atoms with Crippen LogP contribution in [0.4, 0.5) is 5.69 Å². The number of fused-ring (bicyclic) bond motifs is 1. The number of anilines is 1. The number of nitrogens with one attached hydrogen (secondary N) is 3. The van der Waals surface area contributed by atoms with Gasteiger partial charge in [-0.2, -0.15) is 0 Å². The first-order valence-corrected chi connectivity index (χ1v) is 11.9. The number of amides is 3. The van der Waals surface area contributed by atoms with E-state index in [2.05, 4.69) is 32.0 Å².